The second-order valence-electron chi connectivity index (χ2n) is 5.44. The molecule has 5 nitrogen and oxygen atoms in total. The van der Waals surface area contributed by atoms with Crippen LogP contribution in [0.15, 0.2) is 30.9 Å². The minimum Gasteiger partial charge on any atom is -0.506 e. The second kappa shape index (κ2) is 5.63. The molecule has 5 heteroatoms. The van der Waals surface area contributed by atoms with E-state index in [0.29, 0.717) is 18.3 Å². The number of pyridine rings is 1. The van der Waals surface area contributed by atoms with Gasteiger partial charge in [0.1, 0.15) is 5.75 Å². The van der Waals surface area contributed by atoms with Crippen LogP contribution in [0, 0.1) is 6.92 Å². The Kier molecular flexibility index (Phi) is 3.69. The molecule has 0 saturated carbocycles. The Morgan fingerprint density at radius 3 is 3.10 bits per heavy atom. The predicted molar refractivity (Wildman–Crippen MR) is 76.3 cm³/mol. The number of aromatic hydroxyl groups is 1. The molecular weight excluding hydrogens is 252 g/mol. The minimum atomic E-state index is 0.295. The summed E-state index contributed by atoms with van der Waals surface area (Å²) in [4.78, 5) is 11.0. The van der Waals surface area contributed by atoms with E-state index in [1.807, 2.05) is 31.7 Å². The van der Waals surface area contributed by atoms with Crippen LogP contribution in [0.3, 0.4) is 0 Å². The van der Waals surface area contributed by atoms with E-state index in [1.165, 1.54) is 12.8 Å². The molecular formula is C15H20N4O. The summed E-state index contributed by atoms with van der Waals surface area (Å²) < 4.78 is 2.12. The first-order valence-electron chi connectivity index (χ1n) is 7.07. The fourth-order valence-electron chi connectivity index (χ4n) is 2.86. The van der Waals surface area contributed by atoms with Crippen LogP contribution in [0.4, 0.5) is 0 Å². The maximum Gasteiger partial charge on any atom is 0.138 e. The van der Waals surface area contributed by atoms with Gasteiger partial charge in [-0.25, -0.2) is 4.98 Å². The van der Waals surface area contributed by atoms with E-state index in [4.69, 9.17) is 0 Å². The Bertz CT molecular complexity index is 567. The first-order chi connectivity index (χ1) is 9.72. The quantitative estimate of drug-likeness (QED) is 0.924. The lowest BCUT2D eigenvalue weighted by Crippen LogP contribution is -2.32. The zero-order chi connectivity index (χ0) is 13.9. The molecule has 0 radical (unpaired) electrons. The lowest BCUT2D eigenvalue weighted by atomic mass is 10.2. The highest BCUT2D eigenvalue weighted by Gasteiger charge is 2.25. The molecule has 20 heavy (non-hydrogen) atoms. The fourth-order valence-corrected chi connectivity index (χ4v) is 2.86. The van der Waals surface area contributed by atoms with Crippen molar-refractivity contribution in [3.05, 3.63) is 42.2 Å². The molecule has 1 fully saturated rings. The molecule has 106 valence electrons. The van der Waals surface area contributed by atoms with Gasteiger partial charge in [-0.1, -0.05) is 0 Å². The summed E-state index contributed by atoms with van der Waals surface area (Å²) in [6.45, 7) is 4.68. The van der Waals surface area contributed by atoms with Gasteiger partial charge in [-0.3, -0.25) is 9.88 Å². The number of hydrogen-bond acceptors (Lipinski definition) is 4. The van der Waals surface area contributed by atoms with E-state index in [2.05, 4.69) is 19.4 Å². The van der Waals surface area contributed by atoms with Crippen molar-refractivity contribution in [3.8, 4) is 5.75 Å². The Morgan fingerprint density at radius 2 is 2.30 bits per heavy atom. The molecule has 2 aromatic rings. The second-order valence-corrected chi connectivity index (χ2v) is 5.44. The van der Waals surface area contributed by atoms with Crippen LogP contribution in [0.25, 0.3) is 0 Å². The standard InChI is InChI=1S/C15H20N4O/c1-12-4-5-15(20)14(17-12)10-19-7-2-3-13(19)9-18-8-6-16-11-18/h4-6,8,11,13,20H,2-3,7,9-10H2,1H3/t13-/m1/s1. The molecule has 0 bridgehead atoms. The maximum absolute atomic E-state index is 9.93. The summed E-state index contributed by atoms with van der Waals surface area (Å²) in [6.07, 6.45) is 8.06. The van der Waals surface area contributed by atoms with E-state index < -0.39 is 0 Å². The van der Waals surface area contributed by atoms with Crippen molar-refractivity contribution in [1.29, 1.82) is 0 Å². The van der Waals surface area contributed by atoms with Gasteiger partial charge >= 0.3 is 0 Å². The van der Waals surface area contributed by atoms with Gasteiger partial charge in [0.25, 0.3) is 0 Å². The highest BCUT2D eigenvalue weighted by atomic mass is 16.3. The van der Waals surface area contributed by atoms with Gasteiger partial charge in [-0.2, -0.15) is 0 Å². The lowest BCUT2D eigenvalue weighted by Gasteiger charge is -2.24. The van der Waals surface area contributed by atoms with Gasteiger partial charge < -0.3 is 9.67 Å². The third kappa shape index (κ3) is 2.82. The van der Waals surface area contributed by atoms with Crippen LogP contribution in [0.2, 0.25) is 0 Å². The number of nitrogens with zero attached hydrogens (tertiary/aromatic N) is 4. The highest BCUT2D eigenvalue weighted by Crippen LogP contribution is 2.24. The van der Waals surface area contributed by atoms with Crippen molar-refractivity contribution < 1.29 is 5.11 Å². The van der Waals surface area contributed by atoms with E-state index in [-0.39, 0.29) is 0 Å². The molecule has 1 aliphatic rings. The smallest absolute Gasteiger partial charge is 0.138 e. The highest BCUT2D eigenvalue weighted by molar-refractivity contribution is 5.27. The van der Waals surface area contributed by atoms with Crippen molar-refractivity contribution in [2.24, 2.45) is 0 Å². The normalized spacial score (nSPS) is 19.6. The third-order valence-electron chi connectivity index (χ3n) is 3.92. The average Bonchev–Trinajstić information content (AvgIpc) is 3.07. The molecule has 1 N–H and O–H groups in total. The Hall–Kier alpha value is -1.88. The molecule has 0 aromatic carbocycles. The summed E-state index contributed by atoms with van der Waals surface area (Å²) in [5, 5.41) is 9.93. The maximum atomic E-state index is 9.93. The zero-order valence-electron chi connectivity index (χ0n) is 11.7. The molecule has 0 unspecified atom stereocenters. The van der Waals surface area contributed by atoms with E-state index in [1.54, 1.807) is 6.07 Å². The van der Waals surface area contributed by atoms with Gasteiger partial charge in [0, 0.05) is 37.2 Å². The van der Waals surface area contributed by atoms with Crippen LogP contribution >= 0.6 is 0 Å². The van der Waals surface area contributed by atoms with E-state index >= 15 is 0 Å². The van der Waals surface area contributed by atoms with Crippen molar-refractivity contribution in [2.75, 3.05) is 6.54 Å². The summed E-state index contributed by atoms with van der Waals surface area (Å²) in [7, 11) is 0. The van der Waals surface area contributed by atoms with E-state index in [9.17, 15) is 5.11 Å². The summed E-state index contributed by atoms with van der Waals surface area (Å²) in [5.74, 6) is 0.295. The number of likely N-dealkylation sites (tertiary alicyclic amines) is 1. The SMILES string of the molecule is Cc1ccc(O)c(CN2CCC[C@@H]2Cn2ccnc2)n1. The van der Waals surface area contributed by atoms with Gasteiger partial charge in [0.2, 0.25) is 0 Å². The van der Waals surface area contributed by atoms with E-state index in [0.717, 1.165) is 24.5 Å². The molecule has 0 aliphatic carbocycles. The van der Waals surface area contributed by atoms with Crippen molar-refractivity contribution in [3.63, 3.8) is 0 Å². The topological polar surface area (TPSA) is 54.2 Å². The number of aryl methyl sites for hydroxylation is 1. The monoisotopic (exact) mass is 272 g/mol. The molecule has 1 atom stereocenters. The van der Waals surface area contributed by atoms with Crippen molar-refractivity contribution in [2.45, 2.75) is 38.9 Å². The minimum absolute atomic E-state index is 0.295. The molecule has 3 rings (SSSR count). The Balaban J connectivity index is 1.71. The van der Waals surface area contributed by atoms with Crippen molar-refractivity contribution in [1.82, 2.24) is 19.4 Å². The number of hydrogen-bond donors (Lipinski definition) is 1. The predicted octanol–water partition coefficient (Wildman–Crippen LogP) is 1.96. The van der Waals surface area contributed by atoms with Crippen LogP contribution in [0.1, 0.15) is 24.2 Å². The van der Waals surface area contributed by atoms with Crippen molar-refractivity contribution >= 4 is 0 Å². The number of rotatable bonds is 4. The first-order valence-corrected chi connectivity index (χ1v) is 7.07. The number of imidazole rings is 1. The van der Waals surface area contributed by atoms with Gasteiger partial charge in [-0.05, 0) is 38.4 Å². The Labute approximate surface area is 118 Å². The molecule has 1 aliphatic heterocycles. The average molecular weight is 272 g/mol. The third-order valence-corrected chi connectivity index (χ3v) is 3.92. The largest absolute Gasteiger partial charge is 0.506 e. The van der Waals surface area contributed by atoms with Gasteiger partial charge in [-0.15, -0.1) is 0 Å². The van der Waals surface area contributed by atoms with Crippen LogP contribution in [-0.4, -0.2) is 37.1 Å². The Morgan fingerprint density at radius 1 is 1.40 bits per heavy atom. The summed E-state index contributed by atoms with van der Waals surface area (Å²) >= 11 is 0. The van der Waals surface area contributed by atoms with Crippen LogP contribution in [0.5, 0.6) is 5.75 Å². The molecule has 3 heterocycles. The van der Waals surface area contributed by atoms with Crippen LogP contribution in [-0.2, 0) is 13.1 Å². The van der Waals surface area contributed by atoms with Gasteiger partial charge in [0.15, 0.2) is 0 Å². The fraction of sp³-hybridized carbons (Fsp3) is 0.467. The molecule has 0 amide bonds. The van der Waals surface area contributed by atoms with Gasteiger partial charge in [0.05, 0.1) is 12.0 Å². The molecule has 0 spiro atoms. The summed E-state index contributed by atoms with van der Waals surface area (Å²) in [5.41, 5.74) is 1.73. The molecule has 2 aromatic heterocycles. The van der Waals surface area contributed by atoms with Crippen LogP contribution < -0.4 is 0 Å². The lowest BCUT2D eigenvalue weighted by molar-refractivity contribution is 0.219. The number of aromatic nitrogens is 3. The zero-order valence-corrected chi connectivity index (χ0v) is 11.7. The molecule has 1 saturated heterocycles. The summed E-state index contributed by atoms with van der Waals surface area (Å²) in [6, 6.07) is 4.07. The first kappa shape index (κ1) is 13.1.